The summed E-state index contributed by atoms with van der Waals surface area (Å²) >= 11 is 0. The number of hydrogen-bond donors (Lipinski definition) is 1. The van der Waals surface area contributed by atoms with Crippen LogP contribution >= 0.6 is 0 Å². The summed E-state index contributed by atoms with van der Waals surface area (Å²) in [5.74, 6) is 0.779. The van der Waals surface area contributed by atoms with E-state index in [2.05, 4.69) is 18.7 Å². The fraction of sp³-hybridized carbons (Fsp3) is 1.00. The zero-order valence-corrected chi connectivity index (χ0v) is 8.83. The smallest absolute Gasteiger partial charge is 0.0634 e. The van der Waals surface area contributed by atoms with Gasteiger partial charge in [0.25, 0.3) is 0 Å². The molecule has 13 heavy (non-hydrogen) atoms. The van der Waals surface area contributed by atoms with Crippen molar-refractivity contribution in [3.05, 3.63) is 0 Å². The van der Waals surface area contributed by atoms with Crippen molar-refractivity contribution < 1.29 is 4.74 Å². The van der Waals surface area contributed by atoms with Gasteiger partial charge < -0.3 is 10.5 Å². The lowest BCUT2D eigenvalue weighted by atomic mass is 10.1. The van der Waals surface area contributed by atoms with Gasteiger partial charge in [-0.25, -0.2) is 0 Å². The van der Waals surface area contributed by atoms with Gasteiger partial charge in [0.05, 0.1) is 13.2 Å². The number of hydrogen-bond acceptors (Lipinski definition) is 3. The topological polar surface area (TPSA) is 38.5 Å². The minimum Gasteiger partial charge on any atom is -0.378 e. The molecule has 0 radical (unpaired) electrons. The Morgan fingerprint density at radius 2 is 2.31 bits per heavy atom. The van der Waals surface area contributed by atoms with E-state index in [0.717, 1.165) is 32.2 Å². The van der Waals surface area contributed by atoms with Crippen molar-refractivity contribution in [2.45, 2.75) is 26.3 Å². The third-order valence-corrected chi connectivity index (χ3v) is 2.62. The molecule has 1 atom stereocenters. The molecule has 0 bridgehead atoms. The average Bonchev–Trinajstić information content (AvgIpc) is 2.15. The fourth-order valence-corrected chi connectivity index (χ4v) is 1.62. The summed E-state index contributed by atoms with van der Waals surface area (Å²) in [6.45, 7) is 9.15. The first-order valence-electron chi connectivity index (χ1n) is 5.26. The predicted octanol–water partition coefficient (Wildman–Crippen LogP) is 0.692. The van der Waals surface area contributed by atoms with Crippen LogP contribution in [0.25, 0.3) is 0 Å². The lowest BCUT2D eigenvalue weighted by molar-refractivity contribution is -0.00553. The molecule has 0 aliphatic carbocycles. The van der Waals surface area contributed by atoms with Gasteiger partial charge in [0.15, 0.2) is 0 Å². The van der Waals surface area contributed by atoms with Gasteiger partial charge in [-0.15, -0.1) is 0 Å². The molecule has 1 saturated heterocycles. The quantitative estimate of drug-likeness (QED) is 0.702. The molecule has 0 aromatic rings. The Hall–Kier alpha value is -0.120. The number of nitrogens with zero attached hydrogens (tertiary/aromatic N) is 1. The Balaban J connectivity index is 2.27. The monoisotopic (exact) mass is 186 g/mol. The Kier molecular flexibility index (Phi) is 4.70. The molecule has 1 aliphatic rings. The van der Waals surface area contributed by atoms with Crippen LogP contribution < -0.4 is 5.73 Å². The maximum atomic E-state index is 5.68. The number of nitrogens with two attached hydrogens (primary N) is 1. The van der Waals surface area contributed by atoms with Gasteiger partial charge in [-0.1, -0.05) is 13.8 Å². The minimum atomic E-state index is 0.451. The van der Waals surface area contributed by atoms with Crippen molar-refractivity contribution >= 4 is 0 Å². The number of rotatable bonds is 4. The molecule has 0 aromatic carbocycles. The van der Waals surface area contributed by atoms with Crippen LogP contribution in [-0.4, -0.2) is 43.8 Å². The molecular formula is C10H22N2O. The first-order valence-corrected chi connectivity index (χ1v) is 5.26. The lowest BCUT2D eigenvalue weighted by Crippen LogP contribution is -2.49. The van der Waals surface area contributed by atoms with Crippen molar-refractivity contribution in [3.63, 3.8) is 0 Å². The lowest BCUT2D eigenvalue weighted by Gasteiger charge is -2.35. The van der Waals surface area contributed by atoms with Gasteiger partial charge >= 0.3 is 0 Å². The molecule has 1 aliphatic heterocycles. The van der Waals surface area contributed by atoms with Gasteiger partial charge in [-0.2, -0.15) is 0 Å². The summed E-state index contributed by atoms with van der Waals surface area (Å²) in [7, 11) is 0. The van der Waals surface area contributed by atoms with Crippen molar-refractivity contribution in [2.24, 2.45) is 11.7 Å². The third-order valence-electron chi connectivity index (χ3n) is 2.62. The number of morpholine rings is 1. The first-order chi connectivity index (χ1) is 6.24. The van der Waals surface area contributed by atoms with Crippen molar-refractivity contribution in [3.8, 4) is 0 Å². The summed E-state index contributed by atoms with van der Waals surface area (Å²) in [5, 5.41) is 0. The SMILES string of the molecule is CC(C)CCN1CCOC[C@H]1CN. The Labute approximate surface area is 81.2 Å². The van der Waals surface area contributed by atoms with Crippen molar-refractivity contribution in [2.75, 3.05) is 32.8 Å². The van der Waals surface area contributed by atoms with Crippen LogP contribution in [0.3, 0.4) is 0 Å². The van der Waals surface area contributed by atoms with Crippen molar-refractivity contribution in [1.29, 1.82) is 0 Å². The zero-order valence-electron chi connectivity index (χ0n) is 8.83. The minimum absolute atomic E-state index is 0.451. The normalized spacial score (nSPS) is 25.4. The molecule has 0 aromatic heterocycles. The standard InChI is InChI=1S/C10H22N2O/c1-9(2)3-4-12-5-6-13-8-10(12)7-11/h9-10H,3-8,11H2,1-2H3/t10-/m1/s1. The van der Waals surface area contributed by atoms with Gasteiger partial charge in [-0.3, -0.25) is 4.90 Å². The second-order valence-corrected chi connectivity index (χ2v) is 4.18. The summed E-state index contributed by atoms with van der Waals surface area (Å²) in [6, 6.07) is 0.451. The van der Waals surface area contributed by atoms with E-state index >= 15 is 0 Å². The highest BCUT2D eigenvalue weighted by molar-refractivity contribution is 4.75. The van der Waals surface area contributed by atoms with Crippen LogP contribution in [0.2, 0.25) is 0 Å². The molecular weight excluding hydrogens is 164 g/mol. The summed E-state index contributed by atoms with van der Waals surface area (Å²) < 4.78 is 5.39. The number of ether oxygens (including phenoxy) is 1. The van der Waals surface area contributed by atoms with Gasteiger partial charge in [0, 0.05) is 19.1 Å². The molecule has 1 rings (SSSR count). The highest BCUT2D eigenvalue weighted by atomic mass is 16.5. The molecule has 2 N–H and O–H groups in total. The zero-order chi connectivity index (χ0) is 9.68. The predicted molar refractivity (Wildman–Crippen MR) is 54.7 cm³/mol. The van der Waals surface area contributed by atoms with Crippen LogP contribution in [0.1, 0.15) is 20.3 Å². The molecule has 0 amide bonds. The van der Waals surface area contributed by atoms with E-state index in [1.165, 1.54) is 13.0 Å². The molecule has 0 spiro atoms. The van der Waals surface area contributed by atoms with E-state index in [0.29, 0.717) is 6.04 Å². The summed E-state index contributed by atoms with van der Waals surface area (Å²) in [5.41, 5.74) is 5.68. The molecule has 3 nitrogen and oxygen atoms in total. The van der Waals surface area contributed by atoms with Gasteiger partial charge in [0.1, 0.15) is 0 Å². The van der Waals surface area contributed by atoms with Crippen LogP contribution in [0.15, 0.2) is 0 Å². The molecule has 78 valence electrons. The maximum Gasteiger partial charge on any atom is 0.0634 e. The Morgan fingerprint density at radius 1 is 1.54 bits per heavy atom. The van der Waals surface area contributed by atoms with Gasteiger partial charge in [0.2, 0.25) is 0 Å². The van der Waals surface area contributed by atoms with Crippen LogP contribution in [0.5, 0.6) is 0 Å². The summed E-state index contributed by atoms with van der Waals surface area (Å²) in [4.78, 5) is 2.46. The molecule has 1 heterocycles. The van der Waals surface area contributed by atoms with Crippen LogP contribution in [0.4, 0.5) is 0 Å². The van der Waals surface area contributed by atoms with Gasteiger partial charge in [-0.05, 0) is 18.9 Å². The molecule has 3 heteroatoms. The van der Waals surface area contributed by atoms with Crippen LogP contribution in [0, 0.1) is 5.92 Å². The largest absolute Gasteiger partial charge is 0.378 e. The van der Waals surface area contributed by atoms with Crippen molar-refractivity contribution in [1.82, 2.24) is 4.90 Å². The van der Waals surface area contributed by atoms with Crippen LogP contribution in [-0.2, 0) is 4.74 Å². The fourth-order valence-electron chi connectivity index (χ4n) is 1.62. The van der Waals surface area contributed by atoms with E-state index in [1.54, 1.807) is 0 Å². The van der Waals surface area contributed by atoms with E-state index in [4.69, 9.17) is 10.5 Å². The van der Waals surface area contributed by atoms with E-state index in [9.17, 15) is 0 Å². The Morgan fingerprint density at radius 3 is 2.92 bits per heavy atom. The first kappa shape index (κ1) is 11.0. The maximum absolute atomic E-state index is 5.68. The highest BCUT2D eigenvalue weighted by Gasteiger charge is 2.20. The van der Waals surface area contributed by atoms with E-state index in [1.807, 2.05) is 0 Å². The average molecular weight is 186 g/mol. The second-order valence-electron chi connectivity index (χ2n) is 4.18. The molecule has 1 fully saturated rings. The third kappa shape index (κ3) is 3.63. The van der Waals surface area contributed by atoms with E-state index in [-0.39, 0.29) is 0 Å². The second kappa shape index (κ2) is 5.58. The van der Waals surface area contributed by atoms with E-state index < -0.39 is 0 Å². The molecule has 0 unspecified atom stereocenters. The Bertz CT molecular complexity index is 139. The summed E-state index contributed by atoms with van der Waals surface area (Å²) in [6.07, 6.45) is 1.26. The molecule has 0 saturated carbocycles. The highest BCUT2D eigenvalue weighted by Crippen LogP contribution is 2.09.